The number of benzene rings is 2. The highest BCUT2D eigenvalue weighted by Crippen LogP contribution is 2.31. The van der Waals surface area contributed by atoms with E-state index in [2.05, 4.69) is 5.32 Å². The summed E-state index contributed by atoms with van der Waals surface area (Å²) in [4.78, 5) is 28.9. The van der Waals surface area contributed by atoms with E-state index in [1.165, 1.54) is 36.4 Å². The Hall–Kier alpha value is -2.94. The highest BCUT2D eigenvalue weighted by molar-refractivity contribution is 5.95. The van der Waals surface area contributed by atoms with Crippen LogP contribution in [0.4, 0.5) is 17.6 Å². The molecule has 0 bridgehead atoms. The number of carbonyl (C=O) groups excluding carboxylic acids is 2. The molecule has 164 valence electrons. The summed E-state index contributed by atoms with van der Waals surface area (Å²) in [5.74, 6) is -1.09. The largest absolute Gasteiger partial charge is 0.416 e. The molecule has 0 aromatic heterocycles. The summed E-state index contributed by atoms with van der Waals surface area (Å²) in [6.45, 7) is 0.776. The fourth-order valence-electron chi connectivity index (χ4n) is 4.17. The van der Waals surface area contributed by atoms with Crippen LogP contribution in [0.3, 0.4) is 0 Å². The number of hydrogen-bond donors (Lipinski definition) is 1. The van der Waals surface area contributed by atoms with Gasteiger partial charge in [0.2, 0.25) is 0 Å². The van der Waals surface area contributed by atoms with Crippen LogP contribution in [0, 0.1) is 5.82 Å². The summed E-state index contributed by atoms with van der Waals surface area (Å²) in [5, 5.41) is 2.94. The Balaban J connectivity index is 1.42. The molecule has 2 aliphatic heterocycles. The van der Waals surface area contributed by atoms with Crippen LogP contribution in [0.2, 0.25) is 0 Å². The Morgan fingerprint density at radius 1 is 0.903 bits per heavy atom. The van der Waals surface area contributed by atoms with Crippen LogP contribution in [0.15, 0.2) is 48.5 Å². The summed E-state index contributed by atoms with van der Waals surface area (Å²) in [5.41, 5.74) is -0.261. The van der Waals surface area contributed by atoms with Gasteiger partial charge >= 0.3 is 6.18 Å². The maximum absolute atomic E-state index is 13.1. The van der Waals surface area contributed by atoms with Crippen molar-refractivity contribution in [2.75, 3.05) is 13.2 Å². The minimum atomic E-state index is -4.45. The van der Waals surface area contributed by atoms with Gasteiger partial charge in [-0.05, 0) is 67.8 Å². The molecule has 0 unspecified atom stereocenters. The van der Waals surface area contributed by atoms with Gasteiger partial charge in [-0.2, -0.15) is 13.2 Å². The number of carbonyl (C=O) groups is 2. The predicted molar refractivity (Wildman–Crippen MR) is 104 cm³/mol. The quantitative estimate of drug-likeness (QED) is 0.745. The molecular weight excluding hydrogens is 414 g/mol. The molecule has 2 aromatic carbocycles. The Kier molecular flexibility index (Phi) is 5.70. The van der Waals surface area contributed by atoms with Crippen LogP contribution in [-0.2, 0) is 6.18 Å². The first-order chi connectivity index (χ1) is 14.7. The zero-order valence-corrected chi connectivity index (χ0v) is 16.5. The van der Waals surface area contributed by atoms with Gasteiger partial charge < -0.3 is 10.2 Å². The molecule has 2 heterocycles. The highest BCUT2D eigenvalue weighted by atomic mass is 19.4. The standard InChI is InChI=1S/C22H21F4N3O2/c23-17-7-3-14(4-8-17)20(30)27-19-10-9-18-11-12-28(13-29(18)19)21(31)15-1-5-16(6-2-15)22(24,25)26/h1-8,18-19H,9-13H2,(H,27,30)/t18-,19-/m0/s1. The molecule has 1 N–H and O–H groups in total. The van der Waals surface area contributed by atoms with Crippen molar-refractivity contribution in [3.8, 4) is 0 Å². The molecule has 0 spiro atoms. The summed E-state index contributed by atoms with van der Waals surface area (Å²) in [7, 11) is 0. The normalized spacial score (nSPS) is 21.6. The van der Waals surface area contributed by atoms with Gasteiger partial charge in [0.1, 0.15) is 5.82 Å². The second-order valence-corrected chi connectivity index (χ2v) is 7.82. The van der Waals surface area contributed by atoms with E-state index >= 15 is 0 Å². The molecule has 2 saturated heterocycles. The van der Waals surface area contributed by atoms with Crippen molar-refractivity contribution in [2.45, 2.75) is 37.6 Å². The number of alkyl halides is 3. The number of fused-ring (bicyclic) bond motifs is 1. The molecule has 5 nitrogen and oxygen atoms in total. The van der Waals surface area contributed by atoms with Gasteiger partial charge in [-0.25, -0.2) is 4.39 Å². The van der Waals surface area contributed by atoms with E-state index in [0.29, 0.717) is 12.1 Å². The van der Waals surface area contributed by atoms with Crippen molar-refractivity contribution in [3.05, 3.63) is 71.0 Å². The van der Waals surface area contributed by atoms with E-state index < -0.39 is 17.6 Å². The number of nitrogens with one attached hydrogen (secondary N) is 1. The van der Waals surface area contributed by atoms with Crippen molar-refractivity contribution in [3.63, 3.8) is 0 Å². The van der Waals surface area contributed by atoms with Crippen LogP contribution in [0.1, 0.15) is 45.5 Å². The van der Waals surface area contributed by atoms with E-state index in [9.17, 15) is 27.2 Å². The predicted octanol–water partition coefficient (Wildman–Crippen LogP) is 3.87. The molecule has 2 aromatic rings. The minimum absolute atomic E-state index is 0.192. The van der Waals surface area contributed by atoms with E-state index in [0.717, 1.165) is 31.4 Å². The molecule has 2 fully saturated rings. The molecule has 2 aliphatic rings. The molecule has 0 radical (unpaired) electrons. The summed E-state index contributed by atoms with van der Waals surface area (Å²) in [6.07, 6.45) is -2.41. The minimum Gasteiger partial charge on any atom is -0.336 e. The second-order valence-electron chi connectivity index (χ2n) is 7.82. The maximum atomic E-state index is 13.1. The van der Waals surface area contributed by atoms with Gasteiger partial charge in [0.25, 0.3) is 11.8 Å². The van der Waals surface area contributed by atoms with Gasteiger partial charge in [-0.1, -0.05) is 0 Å². The van der Waals surface area contributed by atoms with E-state index in [1.807, 2.05) is 4.90 Å². The average Bonchev–Trinajstić information content (AvgIpc) is 3.15. The molecule has 0 saturated carbocycles. The fourth-order valence-corrected chi connectivity index (χ4v) is 4.17. The van der Waals surface area contributed by atoms with Crippen LogP contribution in [0.5, 0.6) is 0 Å². The third-order valence-corrected chi connectivity index (χ3v) is 5.86. The SMILES string of the molecule is O=C(N[C@@H]1CC[C@H]2CCN(C(=O)c3ccc(C(F)(F)F)cc3)CN21)c1ccc(F)cc1. The number of amides is 2. The van der Waals surface area contributed by atoms with E-state index in [1.54, 1.807) is 4.90 Å². The third-order valence-electron chi connectivity index (χ3n) is 5.86. The number of nitrogens with zero attached hydrogens (tertiary/aromatic N) is 2. The summed E-state index contributed by atoms with van der Waals surface area (Å²) >= 11 is 0. The fraction of sp³-hybridized carbons (Fsp3) is 0.364. The molecule has 0 aliphatic carbocycles. The number of halogens is 4. The highest BCUT2D eigenvalue weighted by Gasteiger charge is 2.39. The van der Waals surface area contributed by atoms with Crippen molar-refractivity contribution < 1.29 is 27.2 Å². The topological polar surface area (TPSA) is 52.7 Å². The maximum Gasteiger partial charge on any atom is 0.416 e. The van der Waals surface area contributed by atoms with Gasteiger partial charge in [0.15, 0.2) is 0 Å². The zero-order chi connectivity index (χ0) is 22.2. The summed E-state index contributed by atoms with van der Waals surface area (Å²) in [6, 6.07) is 9.67. The first kappa shape index (κ1) is 21.3. The van der Waals surface area contributed by atoms with Crippen molar-refractivity contribution >= 4 is 11.8 Å². The Morgan fingerprint density at radius 3 is 2.19 bits per heavy atom. The molecule has 2 atom stereocenters. The smallest absolute Gasteiger partial charge is 0.336 e. The van der Waals surface area contributed by atoms with Crippen LogP contribution < -0.4 is 5.32 Å². The van der Waals surface area contributed by atoms with Crippen molar-refractivity contribution in [2.24, 2.45) is 0 Å². The summed E-state index contributed by atoms with van der Waals surface area (Å²) < 4.78 is 51.4. The monoisotopic (exact) mass is 435 g/mol. The number of hydrogen-bond acceptors (Lipinski definition) is 3. The van der Waals surface area contributed by atoms with Gasteiger partial charge in [0.05, 0.1) is 18.4 Å². The lowest BCUT2D eigenvalue weighted by molar-refractivity contribution is -0.137. The number of rotatable bonds is 3. The first-order valence-corrected chi connectivity index (χ1v) is 10.0. The Bertz CT molecular complexity index is 960. The average molecular weight is 435 g/mol. The van der Waals surface area contributed by atoms with Crippen LogP contribution in [-0.4, -0.2) is 47.0 Å². The molecule has 4 rings (SSSR count). The zero-order valence-electron chi connectivity index (χ0n) is 16.5. The van der Waals surface area contributed by atoms with Gasteiger partial charge in [-0.15, -0.1) is 0 Å². The van der Waals surface area contributed by atoms with Gasteiger partial charge in [-0.3, -0.25) is 14.5 Å². The van der Waals surface area contributed by atoms with Crippen LogP contribution >= 0.6 is 0 Å². The van der Waals surface area contributed by atoms with Crippen molar-refractivity contribution in [1.82, 2.24) is 15.1 Å². The Labute approximate surface area is 176 Å². The van der Waals surface area contributed by atoms with E-state index in [4.69, 9.17) is 0 Å². The van der Waals surface area contributed by atoms with Crippen molar-refractivity contribution in [1.29, 1.82) is 0 Å². The lowest BCUT2D eigenvalue weighted by Gasteiger charge is -2.40. The molecular formula is C22H21F4N3O2. The third kappa shape index (κ3) is 4.56. The van der Waals surface area contributed by atoms with Gasteiger partial charge in [0, 0.05) is 23.7 Å². The van der Waals surface area contributed by atoms with E-state index in [-0.39, 0.29) is 36.3 Å². The Morgan fingerprint density at radius 2 is 1.55 bits per heavy atom. The molecule has 9 heteroatoms. The van der Waals surface area contributed by atoms with Crippen LogP contribution in [0.25, 0.3) is 0 Å². The lowest BCUT2D eigenvalue weighted by Crippen LogP contribution is -2.56. The second kappa shape index (κ2) is 8.30. The molecule has 2 amide bonds. The lowest BCUT2D eigenvalue weighted by atomic mass is 10.1. The first-order valence-electron chi connectivity index (χ1n) is 10.0. The molecule has 31 heavy (non-hydrogen) atoms.